The van der Waals surface area contributed by atoms with E-state index in [-0.39, 0.29) is 30.1 Å². The number of nitrogens with one attached hydrogen (secondary N) is 1. The number of hydrogen-bond acceptors (Lipinski definition) is 2. The highest BCUT2D eigenvalue weighted by Gasteiger charge is 2.21. The van der Waals surface area contributed by atoms with Crippen molar-refractivity contribution in [2.75, 3.05) is 19.6 Å². The Morgan fingerprint density at radius 3 is 2.41 bits per heavy atom. The third kappa shape index (κ3) is 4.29. The Morgan fingerprint density at radius 1 is 1.18 bits per heavy atom. The van der Waals surface area contributed by atoms with Crippen LogP contribution in [-0.2, 0) is 9.59 Å². The molecule has 0 bridgehead atoms. The summed E-state index contributed by atoms with van der Waals surface area (Å²) in [6.07, 6.45) is 3.84. The number of likely N-dealkylation sites (tertiary alicyclic amines) is 1. The molecule has 120 valence electrons. The van der Waals surface area contributed by atoms with Gasteiger partial charge in [-0.15, -0.1) is 0 Å². The standard InChI is InChI=1S/C17H23FN2O2/c1-2-15(13-6-8-14(18)9-7-13)17(22)19-12-16(21)20-10-4-3-5-11-20/h6-9,15H,2-5,10-12H2,1H3,(H,19,22). The molecule has 5 heteroatoms. The molecule has 1 atom stereocenters. The van der Waals surface area contributed by atoms with Crippen LogP contribution in [0.1, 0.15) is 44.1 Å². The van der Waals surface area contributed by atoms with Crippen LogP contribution in [-0.4, -0.2) is 36.3 Å². The van der Waals surface area contributed by atoms with Crippen molar-refractivity contribution in [1.82, 2.24) is 10.2 Å². The molecule has 2 amide bonds. The smallest absolute Gasteiger partial charge is 0.241 e. The lowest BCUT2D eigenvalue weighted by molar-refractivity contribution is -0.133. The van der Waals surface area contributed by atoms with E-state index in [2.05, 4.69) is 5.32 Å². The minimum atomic E-state index is -0.352. The van der Waals surface area contributed by atoms with Gasteiger partial charge in [0, 0.05) is 13.1 Å². The molecule has 22 heavy (non-hydrogen) atoms. The molecule has 0 saturated carbocycles. The molecule has 0 spiro atoms. The zero-order valence-electron chi connectivity index (χ0n) is 13.0. The SMILES string of the molecule is CCC(C(=O)NCC(=O)N1CCCCC1)c1ccc(F)cc1. The summed E-state index contributed by atoms with van der Waals surface area (Å²) in [5.74, 6) is -0.879. The van der Waals surface area contributed by atoms with Crippen LogP contribution in [0.25, 0.3) is 0 Å². The summed E-state index contributed by atoms with van der Waals surface area (Å²) in [7, 11) is 0. The summed E-state index contributed by atoms with van der Waals surface area (Å²) in [6, 6.07) is 5.94. The fourth-order valence-corrected chi connectivity index (χ4v) is 2.81. The van der Waals surface area contributed by atoms with Crippen molar-refractivity contribution in [1.29, 1.82) is 0 Å². The van der Waals surface area contributed by atoms with Gasteiger partial charge in [0.05, 0.1) is 12.5 Å². The van der Waals surface area contributed by atoms with Crippen LogP contribution in [0.2, 0.25) is 0 Å². The molecule has 1 N–H and O–H groups in total. The molecule has 1 aliphatic rings. The third-order valence-corrected chi connectivity index (χ3v) is 4.12. The molecule has 0 aromatic heterocycles. The van der Waals surface area contributed by atoms with E-state index in [0.29, 0.717) is 6.42 Å². The van der Waals surface area contributed by atoms with Gasteiger partial charge in [-0.05, 0) is 43.4 Å². The van der Waals surface area contributed by atoms with Crippen LogP contribution in [0, 0.1) is 5.82 Å². The maximum Gasteiger partial charge on any atom is 0.241 e. The topological polar surface area (TPSA) is 49.4 Å². The van der Waals surface area contributed by atoms with E-state index in [4.69, 9.17) is 0 Å². The van der Waals surface area contributed by atoms with Gasteiger partial charge < -0.3 is 10.2 Å². The highest BCUT2D eigenvalue weighted by molar-refractivity contribution is 5.88. The highest BCUT2D eigenvalue weighted by Crippen LogP contribution is 2.20. The average Bonchev–Trinajstić information content (AvgIpc) is 2.56. The molecule has 0 radical (unpaired) electrons. The van der Waals surface area contributed by atoms with Gasteiger partial charge in [-0.25, -0.2) is 4.39 Å². The van der Waals surface area contributed by atoms with Crippen LogP contribution in [0.15, 0.2) is 24.3 Å². The molecule has 1 aromatic rings. The first-order chi connectivity index (χ1) is 10.6. The number of benzene rings is 1. The summed E-state index contributed by atoms with van der Waals surface area (Å²) in [6.45, 7) is 3.50. The minimum absolute atomic E-state index is 0.0259. The predicted molar refractivity (Wildman–Crippen MR) is 82.9 cm³/mol. The van der Waals surface area contributed by atoms with Crippen LogP contribution >= 0.6 is 0 Å². The first-order valence-electron chi connectivity index (χ1n) is 7.92. The van der Waals surface area contributed by atoms with Crippen molar-refractivity contribution in [3.63, 3.8) is 0 Å². The monoisotopic (exact) mass is 306 g/mol. The molecule has 1 unspecified atom stereocenters. The first-order valence-corrected chi connectivity index (χ1v) is 7.92. The quantitative estimate of drug-likeness (QED) is 0.908. The van der Waals surface area contributed by atoms with Gasteiger partial charge in [0.1, 0.15) is 5.82 Å². The van der Waals surface area contributed by atoms with E-state index in [1.807, 2.05) is 11.8 Å². The predicted octanol–water partition coefficient (Wildman–Crippen LogP) is 2.45. The Balaban J connectivity index is 1.89. The molecule has 1 aliphatic heterocycles. The van der Waals surface area contributed by atoms with E-state index >= 15 is 0 Å². The summed E-state index contributed by atoms with van der Waals surface area (Å²) < 4.78 is 13.0. The minimum Gasteiger partial charge on any atom is -0.347 e. The van der Waals surface area contributed by atoms with Crippen LogP contribution in [0.4, 0.5) is 4.39 Å². The van der Waals surface area contributed by atoms with Crippen molar-refractivity contribution in [2.24, 2.45) is 0 Å². The molecule has 1 heterocycles. The van der Waals surface area contributed by atoms with Gasteiger partial charge in [-0.2, -0.15) is 0 Å². The Kier molecular flexibility index (Phi) is 5.92. The largest absolute Gasteiger partial charge is 0.347 e. The fraction of sp³-hybridized carbons (Fsp3) is 0.529. The van der Waals surface area contributed by atoms with Gasteiger partial charge in [0.2, 0.25) is 11.8 Å². The van der Waals surface area contributed by atoms with Crippen LogP contribution in [0.5, 0.6) is 0 Å². The van der Waals surface area contributed by atoms with E-state index in [1.54, 1.807) is 12.1 Å². The van der Waals surface area contributed by atoms with Crippen LogP contribution in [0.3, 0.4) is 0 Å². The van der Waals surface area contributed by atoms with Gasteiger partial charge in [0.25, 0.3) is 0 Å². The van der Waals surface area contributed by atoms with E-state index < -0.39 is 0 Å². The summed E-state index contributed by atoms with van der Waals surface area (Å²) in [5.41, 5.74) is 0.770. The molecule has 1 saturated heterocycles. The maximum absolute atomic E-state index is 13.0. The first kappa shape index (κ1) is 16.5. The Bertz CT molecular complexity index is 510. The molecule has 1 aromatic carbocycles. The van der Waals surface area contributed by atoms with Gasteiger partial charge in [-0.3, -0.25) is 9.59 Å². The zero-order valence-corrected chi connectivity index (χ0v) is 13.0. The normalized spacial score (nSPS) is 16.2. The lowest BCUT2D eigenvalue weighted by atomic mass is 9.95. The van der Waals surface area contributed by atoms with Crippen molar-refractivity contribution < 1.29 is 14.0 Å². The zero-order chi connectivity index (χ0) is 15.9. The summed E-state index contributed by atoms with van der Waals surface area (Å²) >= 11 is 0. The molecule has 4 nitrogen and oxygen atoms in total. The number of carbonyl (C=O) groups excluding carboxylic acids is 2. The van der Waals surface area contributed by atoms with E-state index in [1.165, 1.54) is 18.6 Å². The summed E-state index contributed by atoms with van der Waals surface area (Å²) in [5, 5.41) is 2.72. The lowest BCUT2D eigenvalue weighted by Gasteiger charge is -2.27. The Labute approximate surface area is 130 Å². The van der Waals surface area contributed by atoms with E-state index in [9.17, 15) is 14.0 Å². The third-order valence-electron chi connectivity index (χ3n) is 4.12. The van der Waals surface area contributed by atoms with Crippen LogP contribution < -0.4 is 5.32 Å². The number of rotatable bonds is 5. The lowest BCUT2D eigenvalue weighted by Crippen LogP contribution is -2.43. The molecule has 1 fully saturated rings. The molecular weight excluding hydrogens is 283 g/mol. The highest BCUT2D eigenvalue weighted by atomic mass is 19.1. The maximum atomic E-state index is 13.0. The number of nitrogens with zero attached hydrogens (tertiary/aromatic N) is 1. The van der Waals surface area contributed by atoms with Crippen molar-refractivity contribution >= 4 is 11.8 Å². The number of piperidine rings is 1. The van der Waals surface area contributed by atoms with E-state index in [0.717, 1.165) is 31.5 Å². The summed E-state index contributed by atoms with van der Waals surface area (Å²) in [4.78, 5) is 26.1. The number of halogens is 1. The van der Waals surface area contributed by atoms with Crippen molar-refractivity contribution in [3.8, 4) is 0 Å². The fourth-order valence-electron chi connectivity index (χ4n) is 2.81. The van der Waals surface area contributed by atoms with Gasteiger partial charge in [-0.1, -0.05) is 19.1 Å². The number of amides is 2. The van der Waals surface area contributed by atoms with Crippen molar-refractivity contribution in [2.45, 2.75) is 38.5 Å². The molecule has 0 aliphatic carbocycles. The second-order valence-corrected chi connectivity index (χ2v) is 5.67. The number of hydrogen-bond donors (Lipinski definition) is 1. The molecular formula is C17H23FN2O2. The second-order valence-electron chi connectivity index (χ2n) is 5.67. The molecule has 2 rings (SSSR count). The average molecular weight is 306 g/mol. The Morgan fingerprint density at radius 2 is 1.82 bits per heavy atom. The Hall–Kier alpha value is -1.91. The van der Waals surface area contributed by atoms with Crippen molar-refractivity contribution in [3.05, 3.63) is 35.6 Å². The van der Waals surface area contributed by atoms with Gasteiger partial charge in [0.15, 0.2) is 0 Å². The van der Waals surface area contributed by atoms with Gasteiger partial charge >= 0.3 is 0 Å². The number of carbonyl (C=O) groups is 2. The second kappa shape index (κ2) is 7.92.